The number of thioether (sulfide) groups is 3. The van der Waals surface area contributed by atoms with Crippen molar-refractivity contribution in [2.24, 2.45) is 16.6 Å². The largest absolute Gasteiger partial charge is 0.477 e. The van der Waals surface area contributed by atoms with Crippen molar-refractivity contribution in [1.82, 2.24) is 20.2 Å². The molecule has 2 aromatic heterocycles. The lowest BCUT2D eigenvalue weighted by Crippen LogP contribution is -2.70. The number of thiazole rings is 2. The first-order valence-electron chi connectivity index (χ1n) is 11.5. The Morgan fingerprint density at radius 3 is 2.67 bits per heavy atom. The number of nitrogens with one attached hydrogen (secondary N) is 2. The van der Waals surface area contributed by atoms with Crippen molar-refractivity contribution in [2.45, 2.75) is 27.4 Å². The van der Waals surface area contributed by atoms with Gasteiger partial charge in [0.1, 0.15) is 27.1 Å². The van der Waals surface area contributed by atoms with Crippen LogP contribution in [0, 0.1) is 4.91 Å². The molecule has 4 rings (SSSR count). The number of hydrogen-bond acceptors (Lipinski definition) is 16. The van der Waals surface area contributed by atoms with Gasteiger partial charge in [0.05, 0.1) is 9.90 Å². The Kier molecular flexibility index (Phi) is 10.5. The van der Waals surface area contributed by atoms with Crippen LogP contribution < -0.4 is 27.8 Å². The van der Waals surface area contributed by atoms with Gasteiger partial charge in [-0.25, -0.2) is 14.8 Å². The number of nitroso groups, excluding NO2 is 1. The van der Waals surface area contributed by atoms with Crippen molar-refractivity contribution in [3.05, 3.63) is 31.2 Å². The number of aliphatic carboxylic acids is 1. The van der Waals surface area contributed by atoms with E-state index in [-0.39, 0.29) is 26.6 Å². The van der Waals surface area contributed by atoms with Crippen LogP contribution in [0.25, 0.3) is 0 Å². The number of nitrogen functional groups attached to an aromatic ring is 1. The van der Waals surface area contributed by atoms with Gasteiger partial charge in [-0.1, -0.05) is 46.0 Å². The predicted octanol–water partition coefficient (Wildman–Crippen LogP) is 1.69. The first-order chi connectivity index (χ1) is 19.2. The van der Waals surface area contributed by atoms with E-state index in [1.807, 2.05) is 0 Å². The van der Waals surface area contributed by atoms with Gasteiger partial charge in [-0.3, -0.25) is 14.5 Å². The summed E-state index contributed by atoms with van der Waals surface area (Å²) < 4.78 is 0.836. The van der Waals surface area contributed by atoms with Crippen molar-refractivity contribution in [3.63, 3.8) is 0 Å². The SMILES string of the molecule is NCCNc1nc(CSCCN)c(SC2=C(C(=O)O)N3C(=O)C(NC(=O)C(N=O)c4nc(N)sc4Cl)C3SC2)s1. The first kappa shape index (κ1) is 30.8. The molecular formula is C20H24ClN9O5S5. The smallest absolute Gasteiger partial charge is 0.353 e. The van der Waals surface area contributed by atoms with E-state index in [9.17, 15) is 24.4 Å². The van der Waals surface area contributed by atoms with Crippen LogP contribution in [0.5, 0.6) is 0 Å². The molecule has 3 atom stereocenters. The van der Waals surface area contributed by atoms with Crippen molar-refractivity contribution in [3.8, 4) is 0 Å². The minimum absolute atomic E-state index is 0.0360. The molecule has 0 aliphatic carbocycles. The third-order valence-corrected chi connectivity index (χ3v) is 11.4. The summed E-state index contributed by atoms with van der Waals surface area (Å²) in [6.45, 7) is 1.48. The van der Waals surface area contributed by atoms with Crippen molar-refractivity contribution < 1.29 is 19.5 Å². The van der Waals surface area contributed by atoms with Gasteiger partial charge in [-0.2, -0.15) is 11.8 Å². The number of rotatable bonds is 14. The fourth-order valence-electron chi connectivity index (χ4n) is 3.75. The van der Waals surface area contributed by atoms with Crippen LogP contribution in [0.4, 0.5) is 10.3 Å². The Hall–Kier alpha value is -2.13. The minimum Gasteiger partial charge on any atom is -0.477 e. The van der Waals surface area contributed by atoms with E-state index < -0.39 is 35.2 Å². The molecule has 4 heterocycles. The molecule has 14 nitrogen and oxygen atoms in total. The van der Waals surface area contributed by atoms with Gasteiger partial charge in [0.15, 0.2) is 10.3 Å². The number of fused-ring (bicyclic) bond motifs is 1. The second-order valence-electron chi connectivity index (χ2n) is 8.10. The normalized spacial score (nSPS) is 19.2. The van der Waals surface area contributed by atoms with Crippen LogP contribution >= 0.6 is 69.6 Å². The lowest BCUT2D eigenvalue weighted by atomic mass is 10.0. The van der Waals surface area contributed by atoms with E-state index in [0.29, 0.717) is 35.4 Å². The van der Waals surface area contributed by atoms with Crippen molar-refractivity contribution in [2.75, 3.05) is 42.2 Å². The molecule has 1 fully saturated rings. The van der Waals surface area contributed by atoms with E-state index in [0.717, 1.165) is 31.9 Å². The Balaban J connectivity index is 1.53. The number of nitrogens with two attached hydrogens (primary N) is 3. The number of hydrogen-bond donors (Lipinski definition) is 6. The molecule has 2 amide bonds. The highest BCUT2D eigenvalue weighted by Crippen LogP contribution is 2.48. The minimum atomic E-state index is -1.61. The zero-order valence-corrected chi connectivity index (χ0v) is 25.3. The predicted molar refractivity (Wildman–Crippen MR) is 160 cm³/mol. The molecule has 1 saturated heterocycles. The Bertz CT molecular complexity index is 1340. The summed E-state index contributed by atoms with van der Waals surface area (Å²) in [5.41, 5.74) is 17.3. The zero-order valence-electron chi connectivity index (χ0n) is 20.5. The van der Waals surface area contributed by atoms with Crippen molar-refractivity contribution >= 4 is 97.6 Å². The summed E-state index contributed by atoms with van der Waals surface area (Å²) in [6, 6.07) is -2.67. The highest BCUT2D eigenvalue weighted by atomic mass is 35.5. The van der Waals surface area contributed by atoms with Crippen LogP contribution in [0.2, 0.25) is 4.34 Å². The summed E-state index contributed by atoms with van der Waals surface area (Å²) in [5, 5.41) is 18.5. The molecule has 3 unspecified atom stereocenters. The fraction of sp³-hybridized carbons (Fsp3) is 0.450. The molecule has 0 bridgehead atoms. The lowest BCUT2D eigenvalue weighted by molar-refractivity contribution is -0.150. The molecule has 40 heavy (non-hydrogen) atoms. The number of nitrogens with zero attached hydrogens (tertiary/aromatic N) is 4. The van der Waals surface area contributed by atoms with Crippen LogP contribution in [0.15, 0.2) is 20.0 Å². The molecule has 0 spiro atoms. The molecule has 216 valence electrons. The Morgan fingerprint density at radius 1 is 1.27 bits per heavy atom. The fourth-order valence-corrected chi connectivity index (χ4v) is 9.44. The second-order valence-corrected chi connectivity index (χ2v) is 14.3. The molecule has 9 N–H and O–H groups in total. The van der Waals surface area contributed by atoms with E-state index in [1.165, 1.54) is 34.9 Å². The molecular weight excluding hydrogens is 642 g/mol. The van der Waals surface area contributed by atoms with Crippen LogP contribution in [-0.2, 0) is 20.1 Å². The molecule has 2 aromatic rings. The maximum absolute atomic E-state index is 13.1. The third kappa shape index (κ3) is 6.51. The standard InChI is InChI=1S/C20H24ClN9O5S5/c21-13-9(28-19(24)39-13)10(29-35)14(31)27-11-15(32)30-12(17(33)34)8(6-37-16(11)30)38-18-7(5-36-4-2-23)26-20(40-18)25-3-1-22/h10-11,16H,1-6,22-23H2,(H2,24,28)(H,25,26)(H,27,31)(H,33,34). The highest BCUT2D eigenvalue weighted by Gasteiger charge is 2.55. The molecule has 0 saturated carbocycles. The maximum atomic E-state index is 13.1. The average molecular weight is 666 g/mol. The van der Waals surface area contributed by atoms with Gasteiger partial charge in [0.2, 0.25) is 6.04 Å². The number of carboxylic acids is 1. The average Bonchev–Trinajstić information content (AvgIpc) is 3.47. The molecule has 2 aliphatic heterocycles. The van der Waals surface area contributed by atoms with Crippen LogP contribution in [0.1, 0.15) is 17.4 Å². The number of anilines is 2. The van der Waals surface area contributed by atoms with E-state index >= 15 is 0 Å². The molecule has 0 aromatic carbocycles. The van der Waals surface area contributed by atoms with Gasteiger partial charge < -0.3 is 32.9 Å². The first-order valence-corrected chi connectivity index (χ1v) is 16.6. The van der Waals surface area contributed by atoms with Crippen molar-refractivity contribution in [1.29, 1.82) is 0 Å². The maximum Gasteiger partial charge on any atom is 0.353 e. The number of halogens is 1. The Labute approximate surface area is 253 Å². The molecule has 0 radical (unpaired) electrons. The van der Waals surface area contributed by atoms with Gasteiger partial charge in [0, 0.05) is 41.8 Å². The number of β-lactam (4-membered cyclic amide) rings is 1. The summed E-state index contributed by atoms with van der Waals surface area (Å²) in [5.74, 6) is -1.18. The summed E-state index contributed by atoms with van der Waals surface area (Å²) in [7, 11) is 0. The molecule has 20 heteroatoms. The summed E-state index contributed by atoms with van der Waals surface area (Å²) in [4.78, 5) is 59.8. The number of carbonyl (C=O) groups is 3. The summed E-state index contributed by atoms with van der Waals surface area (Å²) in [6.07, 6.45) is 0. The van der Waals surface area contributed by atoms with Gasteiger partial charge in [-0.15, -0.1) is 16.7 Å². The van der Waals surface area contributed by atoms with E-state index in [2.05, 4.69) is 25.8 Å². The second kappa shape index (κ2) is 13.7. The van der Waals surface area contributed by atoms with E-state index in [1.54, 1.807) is 11.8 Å². The van der Waals surface area contributed by atoms with Gasteiger partial charge in [-0.05, 0) is 5.18 Å². The number of aromatic nitrogens is 2. The lowest BCUT2D eigenvalue weighted by Gasteiger charge is -2.49. The number of carboxylic acid groups (broad SMARTS) is 1. The topological polar surface area (TPSA) is 232 Å². The number of carbonyl (C=O) groups excluding carboxylic acids is 2. The quantitative estimate of drug-likeness (QED) is 0.0958. The number of amides is 2. The van der Waals surface area contributed by atoms with E-state index in [4.69, 9.17) is 28.8 Å². The third-order valence-electron chi connectivity index (χ3n) is 5.47. The van der Waals surface area contributed by atoms with Gasteiger partial charge in [0.25, 0.3) is 11.8 Å². The monoisotopic (exact) mass is 665 g/mol. The summed E-state index contributed by atoms with van der Waals surface area (Å²) >= 11 is 12.4. The zero-order chi connectivity index (χ0) is 29.0. The Morgan fingerprint density at radius 2 is 2.05 bits per heavy atom. The molecule has 2 aliphatic rings. The highest BCUT2D eigenvalue weighted by molar-refractivity contribution is 8.07. The van der Waals surface area contributed by atoms with Crippen LogP contribution in [-0.4, -0.2) is 80.3 Å². The van der Waals surface area contributed by atoms with Gasteiger partial charge >= 0.3 is 5.97 Å². The van der Waals surface area contributed by atoms with Crippen LogP contribution in [0.3, 0.4) is 0 Å².